The van der Waals surface area contributed by atoms with Gasteiger partial charge in [0.25, 0.3) is 21.9 Å². The molecule has 1 fully saturated rings. The summed E-state index contributed by atoms with van der Waals surface area (Å²) in [6, 6.07) is 7.73. The number of rotatable bonds is 6. The fraction of sp³-hybridized carbons (Fsp3) is 0.250. The Morgan fingerprint density at radius 1 is 1.06 bits per heavy atom. The topological polar surface area (TPSA) is 98.2 Å². The third-order valence-electron chi connectivity index (χ3n) is 4.68. The quantitative estimate of drug-likeness (QED) is 0.288. The molecule has 1 aromatic rings. The number of carbonyl (C=O) groups is 2. The van der Waals surface area contributed by atoms with E-state index < -0.39 is 21.9 Å². The zero-order valence-electron chi connectivity index (χ0n) is 16.9. The van der Waals surface area contributed by atoms with Gasteiger partial charge in [0.1, 0.15) is 5.57 Å². The van der Waals surface area contributed by atoms with Crippen LogP contribution in [-0.2, 0) is 19.7 Å². The molecule has 31 heavy (non-hydrogen) atoms. The van der Waals surface area contributed by atoms with Crippen molar-refractivity contribution in [3.05, 3.63) is 59.2 Å². The number of fused-ring (bicyclic) bond motifs is 1. The second-order valence-corrected chi connectivity index (χ2v) is 9.84. The summed E-state index contributed by atoms with van der Waals surface area (Å²) in [6.07, 6.45) is 6.86. The van der Waals surface area contributed by atoms with Crippen LogP contribution in [0.4, 0.5) is 5.69 Å². The number of para-hydroxylation sites is 1. The van der Waals surface area contributed by atoms with Crippen molar-refractivity contribution >= 4 is 56.7 Å². The molecule has 0 aliphatic carbocycles. The highest BCUT2D eigenvalue weighted by molar-refractivity contribution is 8.03. The van der Waals surface area contributed by atoms with Crippen LogP contribution in [0.25, 0.3) is 0 Å². The molecule has 0 spiro atoms. The molecule has 2 aliphatic heterocycles. The monoisotopic (exact) mass is 479 g/mol. The van der Waals surface area contributed by atoms with E-state index in [0.29, 0.717) is 6.54 Å². The minimum absolute atomic E-state index is 0.0145. The third-order valence-corrected chi connectivity index (χ3v) is 7.16. The molecule has 0 saturated carbocycles. The predicted molar refractivity (Wildman–Crippen MR) is 124 cm³/mol. The minimum atomic E-state index is -4.02. The molecule has 2 amide bonds. The van der Waals surface area contributed by atoms with Gasteiger partial charge in [0.2, 0.25) is 0 Å². The molecule has 0 radical (unpaired) electrons. The number of hydrogen-bond acceptors (Lipinski definition) is 7. The number of thiocarbonyl (C=S) groups is 1. The SMILES string of the molecule is CN1C(=O)C(=CC=CC=C2Sc3ccccc3N2CCCS(=O)(=O)O)C(=O)N(C)C1=S. The Kier molecular flexibility index (Phi) is 6.99. The molecular weight excluding hydrogens is 458 g/mol. The van der Waals surface area contributed by atoms with E-state index in [0.717, 1.165) is 15.6 Å². The van der Waals surface area contributed by atoms with Gasteiger partial charge in [-0.15, -0.1) is 0 Å². The molecule has 0 aromatic heterocycles. The van der Waals surface area contributed by atoms with Crippen molar-refractivity contribution in [2.24, 2.45) is 0 Å². The highest BCUT2D eigenvalue weighted by atomic mass is 32.2. The van der Waals surface area contributed by atoms with Crippen LogP contribution in [0, 0.1) is 0 Å². The zero-order valence-corrected chi connectivity index (χ0v) is 19.3. The highest BCUT2D eigenvalue weighted by Crippen LogP contribution is 2.45. The Morgan fingerprint density at radius 3 is 2.32 bits per heavy atom. The van der Waals surface area contributed by atoms with Crippen LogP contribution in [-0.4, -0.2) is 66.1 Å². The summed E-state index contributed by atoms with van der Waals surface area (Å²) >= 11 is 6.59. The van der Waals surface area contributed by atoms with Gasteiger partial charge >= 0.3 is 0 Å². The Morgan fingerprint density at radius 2 is 1.68 bits per heavy atom. The summed E-state index contributed by atoms with van der Waals surface area (Å²) in [6.45, 7) is 0.411. The molecule has 1 saturated heterocycles. The van der Waals surface area contributed by atoms with Gasteiger partial charge in [-0.05, 0) is 42.9 Å². The van der Waals surface area contributed by atoms with E-state index in [1.165, 1.54) is 41.7 Å². The lowest BCUT2D eigenvalue weighted by Gasteiger charge is -2.31. The number of nitrogens with zero attached hydrogens (tertiary/aromatic N) is 3. The summed E-state index contributed by atoms with van der Waals surface area (Å²) < 4.78 is 31.1. The maximum absolute atomic E-state index is 12.3. The maximum Gasteiger partial charge on any atom is 0.265 e. The second-order valence-electron chi connectivity index (χ2n) is 6.84. The van der Waals surface area contributed by atoms with Gasteiger partial charge in [-0.2, -0.15) is 8.42 Å². The van der Waals surface area contributed by atoms with E-state index in [2.05, 4.69) is 0 Å². The Hall–Kier alpha value is -2.47. The molecule has 164 valence electrons. The first-order valence-corrected chi connectivity index (χ1v) is 12.1. The Balaban J connectivity index is 1.79. The first kappa shape index (κ1) is 23.2. The van der Waals surface area contributed by atoms with Crippen LogP contribution in [0.3, 0.4) is 0 Å². The average Bonchev–Trinajstić information content (AvgIpc) is 3.07. The zero-order chi connectivity index (χ0) is 22.8. The number of hydrogen-bond donors (Lipinski definition) is 1. The maximum atomic E-state index is 12.3. The molecule has 11 heteroatoms. The largest absolute Gasteiger partial charge is 0.335 e. The summed E-state index contributed by atoms with van der Waals surface area (Å²) in [5.41, 5.74) is 0.968. The van der Waals surface area contributed by atoms with Crippen LogP contribution in [0.2, 0.25) is 0 Å². The lowest BCUT2D eigenvalue weighted by molar-refractivity contribution is -0.132. The molecule has 2 aliphatic rings. The van der Waals surface area contributed by atoms with Gasteiger partial charge < -0.3 is 4.90 Å². The molecule has 8 nitrogen and oxygen atoms in total. The standard InChI is InChI=1S/C20H21N3O5S3/c1-21-18(24)14(19(25)22(2)20(21)29)8-3-6-11-17-23(12-7-13-31(26,27)28)15-9-4-5-10-16(15)30-17/h3-6,8-11H,7,12-13H2,1-2H3,(H,26,27,28). The van der Waals surface area contributed by atoms with Gasteiger partial charge in [-0.1, -0.05) is 36.0 Å². The van der Waals surface area contributed by atoms with Crippen molar-refractivity contribution in [2.75, 3.05) is 31.3 Å². The number of likely N-dealkylation sites (N-methyl/N-ethyl adjacent to an activating group) is 2. The minimum Gasteiger partial charge on any atom is -0.335 e. The second kappa shape index (κ2) is 9.35. The van der Waals surface area contributed by atoms with Gasteiger partial charge in [-0.3, -0.25) is 23.9 Å². The van der Waals surface area contributed by atoms with E-state index in [1.54, 1.807) is 12.2 Å². The molecule has 0 bridgehead atoms. The number of carbonyl (C=O) groups excluding carboxylic acids is 2. The third kappa shape index (κ3) is 5.24. The van der Waals surface area contributed by atoms with Crippen molar-refractivity contribution in [1.82, 2.24) is 9.80 Å². The Bertz CT molecular complexity index is 1100. The first-order valence-electron chi connectivity index (χ1n) is 9.28. The smallest absolute Gasteiger partial charge is 0.265 e. The number of thioether (sulfide) groups is 1. The number of benzene rings is 1. The van der Waals surface area contributed by atoms with Gasteiger partial charge in [0.15, 0.2) is 5.11 Å². The van der Waals surface area contributed by atoms with Crippen molar-refractivity contribution in [2.45, 2.75) is 11.3 Å². The molecule has 2 heterocycles. The fourth-order valence-electron chi connectivity index (χ4n) is 3.10. The molecular formula is C20H21N3O5S3. The molecule has 0 atom stereocenters. The van der Waals surface area contributed by atoms with Crippen molar-refractivity contribution in [3.8, 4) is 0 Å². The van der Waals surface area contributed by atoms with E-state index in [4.69, 9.17) is 16.8 Å². The highest BCUT2D eigenvalue weighted by Gasteiger charge is 2.34. The van der Waals surface area contributed by atoms with Gasteiger partial charge in [0.05, 0.1) is 16.5 Å². The molecule has 1 N–H and O–H groups in total. The summed E-state index contributed by atoms with van der Waals surface area (Å²) in [7, 11) is -0.987. The number of amides is 2. The predicted octanol–water partition coefficient (Wildman–Crippen LogP) is 2.42. The lowest BCUT2D eigenvalue weighted by Crippen LogP contribution is -2.52. The normalized spacial score (nSPS) is 18.5. The number of allylic oxidation sites excluding steroid dienone is 4. The van der Waals surface area contributed by atoms with E-state index in [9.17, 15) is 18.0 Å². The summed E-state index contributed by atoms with van der Waals surface area (Å²) in [5, 5.41) is 1.02. The fourth-order valence-corrected chi connectivity index (χ4v) is 4.86. The van der Waals surface area contributed by atoms with Crippen molar-refractivity contribution in [3.63, 3.8) is 0 Å². The summed E-state index contributed by atoms with van der Waals surface area (Å²) in [5.74, 6) is -1.24. The van der Waals surface area contributed by atoms with Crippen LogP contribution < -0.4 is 4.90 Å². The van der Waals surface area contributed by atoms with Crippen molar-refractivity contribution < 1.29 is 22.6 Å². The molecule has 3 rings (SSSR count). The van der Waals surface area contributed by atoms with Crippen LogP contribution in [0.1, 0.15) is 6.42 Å². The number of anilines is 1. The van der Waals surface area contributed by atoms with Crippen LogP contribution >= 0.6 is 24.0 Å². The van der Waals surface area contributed by atoms with E-state index in [1.807, 2.05) is 35.2 Å². The average molecular weight is 480 g/mol. The van der Waals surface area contributed by atoms with Crippen LogP contribution in [0.15, 0.2) is 64.1 Å². The van der Waals surface area contributed by atoms with Crippen molar-refractivity contribution in [1.29, 1.82) is 0 Å². The van der Waals surface area contributed by atoms with E-state index in [-0.39, 0.29) is 22.9 Å². The molecule has 1 aromatic carbocycles. The van der Waals surface area contributed by atoms with Gasteiger partial charge in [0, 0.05) is 25.5 Å². The van der Waals surface area contributed by atoms with E-state index >= 15 is 0 Å². The van der Waals surface area contributed by atoms with Crippen LogP contribution in [0.5, 0.6) is 0 Å². The first-order chi connectivity index (χ1) is 14.6. The summed E-state index contributed by atoms with van der Waals surface area (Å²) in [4.78, 5) is 30.2. The van der Waals surface area contributed by atoms with Gasteiger partial charge in [-0.25, -0.2) is 0 Å². The molecule has 0 unspecified atom stereocenters. The lowest BCUT2D eigenvalue weighted by atomic mass is 10.1. The Labute approximate surface area is 190 Å².